The lowest BCUT2D eigenvalue weighted by Crippen LogP contribution is -2.30. The van der Waals surface area contributed by atoms with Crippen LogP contribution < -0.4 is 4.90 Å². The summed E-state index contributed by atoms with van der Waals surface area (Å²) >= 11 is 7.34. The Kier molecular flexibility index (Phi) is 6.16. The molecule has 6 nitrogen and oxygen atoms in total. The second-order valence-corrected chi connectivity index (χ2v) is 8.04. The average Bonchev–Trinajstić information content (AvgIpc) is 3.09. The molecule has 0 fully saturated rings. The van der Waals surface area contributed by atoms with Crippen LogP contribution in [0, 0.1) is 10.1 Å². The number of hydrogen-bond acceptors (Lipinski definition) is 5. The maximum absolute atomic E-state index is 13.1. The first-order valence-electron chi connectivity index (χ1n) is 9.33. The molecule has 0 atom stereocenters. The predicted octanol–water partition coefficient (Wildman–Crippen LogP) is 5.93. The lowest BCUT2D eigenvalue weighted by Gasteiger charge is -2.17. The van der Waals surface area contributed by atoms with E-state index >= 15 is 0 Å². The van der Waals surface area contributed by atoms with Crippen LogP contribution in [-0.4, -0.2) is 16.0 Å². The van der Waals surface area contributed by atoms with Gasteiger partial charge >= 0.3 is 0 Å². The van der Waals surface area contributed by atoms with Crippen molar-refractivity contribution >= 4 is 51.9 Å². The Bertz CT molecular complexity index is 1180. The summed E-state index contributed by atoms with van der Waals surface area (Å²) in [5.41, 5.74) is 2.82. The summed E-state index contributed by atoms with van der Waals surface area (Å²) < 4.78 is 0. The third kappa shape index (κ3) is 4.84. The summed E-state index contributed by atoms with van der Waals surface area (Å²) in [6.45, 7) is 0. The number of amides is 1. The van der Waals surface area contributed by atoms with Gasteiger partial charge in [-0.05, 0) is 41.5 Å². The Morgan fingerprint density at radius 2 is 1.68 bits per heavy atom. The second-order valence-electron chi connectivity index (χ2n) is 6.66. The normalized spacial score (nSPS) is 14.7. The highest BCUT2D eigenvalue weighted by Gasteiger charge is 2.31. The molecule has 3 aromatic rings. The highest BCUT2D eigenvalue weighted by Crippen LogP contribution is 2.31. The van der Waals surface area contributed by atoms with E-state index in [2.05, 4.69) is 4.99 Å². The van der Waals surface area contributed by atoms with Gasteiger partial charge in [0.15, 0.2) is 5.17 Å². The summed E-state index contributed by atoms with van der Waals surface area (Å²) in [4.78, 5) is 29.7. The molecule has 8 heteroatoms. The van der Waals surface area contributed by atoms with Crippen LogP contribution in [0.3, 0.4) is 0 Å². The first kappa shape index (κ1) is 20.8. The van der Waals surface area contributed by atoms with Crippen molar-refractivity contribution < 1.29 is 9.72 Å². The zero-order valence-corrected chi connectivity index (χ0v) is 17.7. The van der Waals surface area contributed by atoms with E-state index in [-0.39, 0.29) is 11.6 Å². The molecule has 4 rings (SSSR count). The SMILES string of the molecule is O=C1/C(=C/c2ccc(Cl)cc2)N=C(SCc2ccc([N+](=O)[O-])cc2)N1c1ccccc1. The molecule has 0 aliphatic carbocycles. The third-order valence-electron chi connectivity index (χ3n) is 4.53. The number of nitrogens with zero attached hydrogens (tertiary/aromatic N) is 3. The van der Waals surface area contributed by atoms with E-state index in [0.29, 0.717) is 21.6 Å². The average molecular weight is 450 g/mol. The molecule has 0 saturated carbocycles. The van der Waals surface area contributed by atoms with Crippen molar-refractivity contribution in [2.75, 3.05) is 4.90 Å². The summed E-state index contributed by atoms with van der Waals surface area (Å²) in [5.74, 6) is 0.300. The molecule has 0 radical (unpaired) electrons. The summed E-state index contributed by atoms with van der Waals surface area (Å²) in [6, 6.07) is 22.8. The van der Waals surface area contributed by atoms with E-state index in [4.69, 9.17) is 11.6 Å². The van der Waals surface area contributed by atoms with Gasteiger partial charge in [-0.3, -0.25) is 19.8 Å². The lowest BCUT2D eigenvalue weighted by atomic mass is 10.2. The van der Waals surface area contributed by atoms with E-state index < -0.39 is 4.92 Å². The number of rotatable bonds is 5. The zero-order chi connectivity index (χ0) is 21.8. The number of thioether (sulfide) groups is 1. The van der Waals surface area contributed by atoms with Crippen molar-refractivity contribution in [3.63, 3.8) is 0 Å². The number of nitro groups is 1. The number of halogens is 1. The Morgan fingerprint density at radius 1 is 1.00 bits per heavy atom. The number of non-ortho nitro benzene ring substituents is 1. The topological polar surface area (TPSA) is 75.8 Å². The molecule has 0 saturated heterocycles. The van der Waals surface area contributed by atoms with Gasteiger partial charge in [-0.25, -0.2) is 4.99 Å². The molecule has 1 amide bonds. The van der Waals surface area contributed by atoms with E-state index in [1.165, 1.54) is 23.9 Å². The predicted molar refractivity (Wildman–Crippen MR) is 125 cm³/mol. The quantitative estimate of drug-likeness (QED) is 0.275. The minimum Gasteiger partial charge on any atom is -0.266 e. The van der Waals surface area contributed by atoms with Gasteiger partial charge in [-0.15, -0.1) is 0 Å². The van der Waals surface area contributed by atoms with Gasteiger partial charge in [0.2, 0.25) is 0 Å². The number of anilines is 1. The smallest absolute Gasteiger partial charge is 0.266 e. The van der Waals surface area contributed by atoms with Crippen molar-refractivity contribution in [3.8, 4) is 0 Å². The van der Waals surface area contributed by atoms with Crippen LogP contribution in [0.5, 0.6) is 0 Å². The Balaban J connectivity index is 1.61. The van der Waals surface area contributed by atoms with Crippen molar-refractivity contribution in [3.05, 3.63) is 111 Å². The Labute approximate surface area is 188 Å². The van der Waals surface area contributed by atoms with Gasteiger partial charge < -0.3 is 0 Å². The van der Waals surface area contributed by atoms with Gasteiger partial charge in [0.25, 0.3) is 11.6 Å². The van der Waals surface area contributed by atoms with Crippen molar-refractivity contribution in [2.45, 2.75) is 5.75 Å². The van der Waals surface area contributed by atoms with E-state index in [9.17, 15) is 14.9 Å². The molecule has 31 heavy (non-hydrogen) atoms. The maximum Gasteiger partial charge on any atom is 0.283 e. The number of benzene rings is 3. The number of carbonyl (C=O) groups excluding carboxylic acids is 1. The van der Waals surface area contributed by atoms with Crippen LogP contribution in [0.1, 0.15) is 11.1 Å². The maximum atomic E-state index is 13.1. The van der Waals surface area contributed by atoms with Crippen LogP contribution >= 0.6 is 23.4 Å². The fraction of sp³-hybridized carbons (Fsp3) is 0.0435. The van der Waals surface area contributed by atoms with E-state index in [1.54, 1.807) is 35.2 Å². The fourth-order valence-electron chi connectivity index (χ4n) is 2.98. The molecule has 3 aromatic carbocycles. The summed E-state index contributed by atoms with van der Waals surface area (Å²) in [7, 11) is 0. The first-order chi connectivity index (χ1) is 15.0. The van der Waals surface area contributed by atoms with Gasteiger partial charge in [0.1, 0.15) is 5.70 Å². The van der Waals surface area contributed by atoms with Crippen LogP contribution in [0.4, 0.5) is 11.4 Å². The standard InChI is InChI=1S/C23H16ClN3O3S/c24-18-10-6-16(7-11-18)14-21-22(28)26(19-4-2-1-3-5-19)23(25-21)31-15-17-8-12-20(13-9-17)27(29)30/h1-14H,15H2/b21-14-. The lowest BCUT2D eigenvalue weighted by molar-refractivity contribution is -0.384. The molecule has 1 aliphatic heterocycles. The molecule has 0 spiro atoms. The van der Waals surface area contributed by atoms with Gasteiger partial charge in [0, 0.05) is 22.9 Å². The number of aliphatic imine (C=N–C) groups is 1. The summed E-state index contributed by atoms with van der Waals surface area (Å²) in [6.07, 6.45) is 1.73. The van der Waals surface area contributed by atoms with Gasteiger partial charge in [-0.1, -0.05) is 65.8 Å². The monoisotopic (exact) mass is 449 g/mol. The number of amidine groups is 1. The van der Waals surface area contributed by atoms with Crippen LogP contribution in [0.15, 0.2) is 89.6 Å². The van der Waals surface area contributed by atoms with Gasteiger partial charge in [-0.2, -0.15) is 0 Å². The summed E-state index contributed by atoms with van der Waals surface area (Å²) in [5, 5.41) is 12.0. The fourth-order valence-corrected chi connectivity index (χ4v) is 4.07. The van der Waals surface area contributed by atoms with Crippen LogP contribution in [0.2, 0.25) is 5.02 Å². The largest absolute Gasteiger partial charge is 0.283 e. The van der Waals surface area contributed by atoms with E-state index in [0.717, 1.165) is 16.8 Å². The van der Waals surface area contributed by atoms with Crippen molar-refractivity contribution in [1.82, 2.24) is 0 Å². The highest BCUT2D eigenvalue weighted by atomic mass is 35.5. The van der Waals surface area contributed by atoms with E-state index in [1.807, 2.05) is 42.5 Å². The number of carbonyl (C=O) groups is 1. The minimum absolute atomic E-state index is 0.0428. The third-order valence-corrected chi connectivity index (χ3v) is 5.79. The first-order valence-corrected chi connectivity index (χ1v) is 10.7. The number of nitro benzene ring substituents is 1. The molecule has 1 heterocycles. The van der Waals surface area contributed by atoms with Crippen molar-refractivity contribution in [2.24, 2.45) is 4.99 Å². The molecule has 0 aromatic heterocycles. The molecule has 0 bridgehead atoms. The van der Waals surface area contributed by atoms with Gasteiger partial charge in [0.05, 0.1) is 10.6 Å². The van der Waals surface area contributed by atoms with Crippen LogP contribution in [-0.2, 0) is 10.5 Å². The number of hydrogen-bond donors (Lipinski definition) is 0. The Morgan fingerprint density at radius 3 is 2.32 bits per heavy atom. The molecule has 1 aliphatic rings. The van der Waals surface area contributed by atoms with Crippen molar-refractivity contribution in [1.29, 1.82) is 0 Å². The minimum atomic E-state index is -0.429. The number of para-hydroxylation sites is 1. The molecular weight excluding hydrogens is 434 g/mol. The Hall–Kier alpha value is -3.42. The molecule has 154 valence electrons. The molecule has 0 N–H and O–H groups in total. The highest BCUT2D eigenvalue weighted by molar-refractivity contribution is 8.13. The second kappa shape index (κ2) is 9.16. The molecular formula is C23H16ClN3O3S. The molecule has 0 unspecified atom stereocenters. The zero-order valence-electron chi connectivity index (χ0n) is 16.1. The van der Waals surface area contributed by atoms with Crippen LogP contribution in [0.25, 0.3) is 6.08 Å².